The second kappa shape index (κ2) is 6.91. The zero-order chi connectivity index (χ0) is 14.4. The van der Waals surface area contributed by atoms with Crippen LogP contribution in [0.25, 0.3) is 10.8 Å². The summed E-state index contributed by atoms with van der Waals surface area (Å²) in [5, 5.41) is 14.1. The molecule has 0 amide bonds. The van der Waals surface area contributed by atoms with Gasteiger partial charge in [-0.05, 0) is 18.0 Å². The van der Waals surface area contributed by atoms with Gasteiger partial charge in [-0.1, -0.05) is 43.3 Å². The minimum absolute atomic E-state index is 0.373. The number of ether oxygens (including phenoxy) is 1. The summed E-state index contributed by atoms with van der Waals surface area (Å²) in [6, 6.07) is 13.3. The summed E-state index contributed by atoms with van der Waals surface area (Å²) in [5.74, 6) is -0.0443. The molecule has 0 radical (unpaired) electrons. The van der Waals surface area contributed by atoms with Crippen molar-refractivity contribution in [3.63, 3.8) is 0 Å². The van der Waals surface area contributed by atoms with E-state index in [9.17, 15) is 4.79 Å². The number of nitrogens with one attached hydrogen (secondary N) is 1. The van der Waals surface area contributed by atoms with Crippen LogP contribution in [-0.4, -0.2) is 30.3 Å². The third-order valence-electron chi connectivity index (χ3n) is 3.16. The lowest BCUT2D eigenvalue weighted by atomic mass is 10.1. The molecule has 0 aromatic heterocycles. The SMILES string of the molecule is CCNC(CCOc1cccc2ccccc12)C(=O)O. The Morgan fingerprint density at radius 2 is 2.00 bits per heavy atom. The van der Waals surface area contributed by atoms with E-state index >= 15 is 0 Å². The summed E-state index contributed by atoms with van der Waals surface area (Å²) in [5.41, 5.74) is 0. The summed E-state index contributed by atoms with van der Waals surface area (Å²) >= 11 is 0. The van der Waals surface area contributed by atoms with Crippen molar-refractivity contribution in [3.8, 4) is 5.75 Å². The molecule has 4 heteroatoms. The number of hydrogen-bond acceptors (Lipinski definition) is 3. The Hall–Kier alpha value is -2.07. The quantitative estimate of drug-likeness (QED) is 0.814. The number of carboxylic acids is 1. The molecule has 4 nitrogen and oxygen atoms in total. The van der Waals surface area contributed by atoms with Gasteiger partial charge in [0.05, 0.1) is 6.61 Å². The molecule has 0 bridgehead atoms. The summed E-state index contributed by atoms with van der Waals surface area (Å²) in [4.78, 5) is 11.0. The van der Waals surface area contributed by atoms with E-state index in [0.717, 1.165) is 16.5 Å². The van der Waals surface area contributed by atoms with Gasteiger partial charge in [0, 0.05) is 11.8 Å². The fraction of sp³-hybridized carbons (Fsp3) is 0.312. The van der Waals surface area contributed by atoms with Crippen molar-refractivity contribution in [3.05, 3.63) is 42.5 Å². The van der Waals surface area contributed by atoms with Gasteiger partial charge in [0.25, 0.3) is 0 Å². The van der Waals surface area contributed by atoms with Gasteiger partial charge in [-0.2, -0.15) is 0 Å². The first kappa shape index (κ1) is 14.3. The molecule has 0 fully saturated rings. The molecular weight excluding hydrogens is 254 g/mol. The van der Waals surface area contributed by atoms with Gasteiger partial charge in [-0.3, -0.25) is 4.79 Å². The minimum atomic E-state index is -0.839. The van der Waals surface area contributed by atoms with Crippen molar-refractivity contribution in [1.29, 1.82) is 0 Å². The Morgan fingerprint density at radius 1 is 1.25 bits per heavy atom. The zero-order valence-electron chi connectivity index (χ0n) is 11.5. The number of carbonyl (C=O) groups is 1. The van der Waals surface area contributed by atoms with E-state index in [2.05, 4.69) is 5.32 Å². The third-order valence-corrected chi connectivity index (χ3v) is 3.16. The Labute approximate surface area is 118 Å². The monoisotopic (exact) mass is 273 g/mol. The number of rotatable bonds is 7. The molecule has 2 aromatic carbocycles. The fourth-order valence-electron chi connectivity index (χ4n) is 2.17. The van der Waals surface area contributed by atoms with Gasteiger partial charge in [-0.15, -0.1) is 0 Å². The topological polar surface area (TPSA) is 58.6 Å². The summed E-state index contributed by atoms with van der Waals surface area (Å²) in [7, 11) is 0. The number of fused-ring (bicyclic) bond motifs is 1. The largest absolute Gasteiger partial charge is 0.493 e. The third kappa shape index (κ3) is 3.48. The summed E-state index contributed by atoms with van der Waals surface area (Å²) < 4.78 is 5.74. The molecule has 1 unspecified atom stereocenters. The number of benzene rings is 2. The average Bonchev–Trinajstić information content (AvgIpc) is 2.46. The Kier molecular flexibility index (Phi) is 4.96. The number of carboxylic acid groups (broad SMARTS) is 1. The molecule has 1 atom stereocenters. The van der Waals surface area contributed by atoms with Crippen LogP contribution in [0.1, 0.15) is 13.3 Å². The number of likely N-dealkylation sites (N-methyl/N-ethyl adjacent to an activating group) is 1. The van der Waals surface area contributed by atoms with Crippen molar-refractivity contribution in [2.24, 2.45) is 0 Å². The Balaban J connectivity index is 2.01. The highest BCUT2D eigenvalue weighted by molar-refractivity contribution is 5.88. The van der Waals surface area contributed by atoms with Crippen LogP contribution in [0.15, 0.2) is 42.5 Å². The highest BCUT2D eigenvalue weighted by Gasteiger charge is 2.15. The fourth-order valence-corrected chi connectivity index (χ4v) is 2.17. The molecule has 0 aliphatic rings. The minimum Gasteiger partial charge on any atom is -0.493 e. The van der Waals surface area contributed by atoms with E-state index in [1.165, 1.54) is 0 Å². The summed E-state index contributed by atoms with van der Waals surface area (Å²) in [6.07, 6.45) is 0.437. The van der Waals surface area contributed by atoms with Gasteiger partial charge < -0.3 is 15.2 Å². The summed E-state index contributed by atoms with van der Waals surface area (Å²) in [6.45, 7) is 2.89. The van der Waals surface area contributed by atoms with Crippen molar-refractivity contribution < 1.29 is 14.6 Å². The number of aliphatic carboxylic acids is 1. The van der Waals surface area contributed by atoms with Crippen molar-refractivity contribution >= 4 is 16.7 Å². The predicted octanol–water partition coefficient (Wildman–Crippen LogP) is 2.67. The van der Waals surface area contributed by atoms with Crippen LogP contribution < -0.4 is 10.1 Å². The smallest absolute Gasteiger partial charge is 0.320 e. The Bertz CT molecular complexity index is 577. The normalized spacial score (nSPS) is 12.2. The molecule has 0 saturated heterocycles. The lowest BCUT2D eigenvalue weighted by Crippen LogP contribution is -2.37. The molecule has 2 aromatic rings. The van der Waals surface area contributed by atoms with E-state index in [4.69, 9.17) is 9.84 Å². The van der Waals surface area contributed by atoms with Crippen LogP contribution in [0, 0.1) is 0 Å². The molecule has 0 aliphatic heterocycles. The van der Waals surface area contributed by atoms with Crippen LogP contribution in [0.4, 0.5) is 0 Å². The lowest BCUT2D eigenvalue weighted by Gasteiger charge is -2.14. The highest BCUT2D eigenvalue weighted by atomic mass is 16.5. The maximum Gasteiger partial charge on any atom is 0.320 e. The van der Waals surface area contributed by atoms with Crippen molar-refractivity contribution in [2.45, 2.75) is 19.4 Å². The first-order valence-electron chi connectivity index (χ1n) is 6.79. The molecule has 0 saturated carbocycles. The van der Waals surface area contributed by atoms with Crippen LogP contribution in [0.3, 0.4) is 0 Å². The molecule has 0 spiro atoms. The van der Waals surface area contributed by atoms with Crippen LogP contribution in [0.2, 0.25) is 0 Å². The van der Waals surface area contributed by atoms with Crippen molar-refractivity contribution in [1.82, 2.24) is 5.32 Å². The van der Waals surface area contributed by atoms with Crippen LogP contribution >= 0.6 is 0 Å². The van der Waals surface area contributed by atoms with Gasteiger partial charge in [-0.25, -0.2) is 0 Å². The molecule has 20 heavy (non-hydrogen) atoms. The molecule has 2 rings (SSSR count). The first-order valence-corrected chi connectivity index (χ1v) is 6.79. The average molecular weight is 273 g/mol. The van der Waals surface area contributed by atoms with Crippen molar-refractivity contribution in [2.75, 3.05) is 13.2 Å². The molecule has 0 heterocycles. The zero-order valence-corrected chi connectivity index (χ0v) is 11.5. The number of hydrogen-bond donors (Lipinski definition) is 2. The first-order chi connectivity index (χ1) is 9.72. The Morgan fingerprint density at radius 3 is 2.75 bits per heavy atom. The molecule has 0 aliphatic carbocycles. The maximum absolute atomic E-state index is 11.0. The highest BCUT2D eigenvalue weighted by Crippen LogP contribution is 2.25. The van der Waals surface area contributed by atoms with E-state index in [1.807, 2.05) is 49.4 Å². The van der Waals surface area contributed by atoms with Gasteiger partial charge in [0.2, 0.25) is 0 Å². The van der Waals surface area contributed by atoms with Gasteiger partial charge in [0.1, 0.15) is 11.8 Å². The maximum atomic E-state index is 11.0. The molecule has 106 valence electrons. The van der Waals surface area contributed by atoms with Crippen LogP contribution in [0.5, 0.6) is 5.75 Å². The predicted molar refractivity (Wildman–Crippen MR) is 79.2 cm³/mol. The van der Waals surface area contributed by atoms with E-state index in [0.29, 0.717) is 19.6 Å². The second-order valence-electron chi connectivity index (χ2n) is 4.56. The second-order valence-corrected chi connectivity index (χ2v) is 4.56. The molecule has 2 N–H and O–H groups in total. The van der Waals surface area contributed by atoms with E-state index < -0.39 is 12.0 Å². The van der Waals surface area contributed by atoms with Gasteiger partial charge in [0.15, 0.2) is 0 Å². The lowest BCUT2D eigenvalue weighted by molar-refractivity contribution is -0.139. The standard InChI is InChI=1S/C16H19NO3/c1-2-17-14(16(18)19)10-11-20-15-9-5-7-12-6-3-4-8-13(12)15/h3-9,14,17H,2,10-11H2,1H3,(H,18,19). The van der Waals surface area contributed by atoms with Crippen LogP contribution in [-0.2, 0) is 4.79 Å². The van der Waals surface area contributed by atoms with Gasteiger partial charge >= 0.3 is 5.97 Å². The van der Waals surface area contributed by atoms with E-state index in [-0.39, 0.29) is 0 Å². The molecular formula is C16H19NO3. The van der Waals surface area contributed by atoms with E-state index in [1.54, 1.807) is 0 Å².